The maximum Gasteiger partial charge on any atom is 0.227 e. The third-order valence-electron chi connectivity index (χ3n) is 4.31. The minimum absolute atomic E-state index is 0.179. The fourth-order valence-corrected chi connectivity index (χ4v) is 2.77. The number of pyridine rings is 2. The van der Waals surface area contributed by atoms with E-state index in [1.807, 2.05) is 0 Å². The number of amides is 1. The number of halogens is 1. The van der Waals surface area contributed by atoms with Crippen molar-refractivity contribution >= 4 is 5.91 Å². The Morgan fingerprint density at radius 3 is 2.81 bits per heavy atom. The molecule has 0 atom stereocenters. The number of aryl methyl sites for hydroxylation is 1. The van der Waals surface area contributed by atoms with Gasteiger partial charge in [-0.15, -0.1) is 0 Å². The Balaban J connectivity index is 1.31. The number of hydrogen-bond acceptors (Lipinski definition) is 7. The summed E-state index contributed by atoms with van der Waals surface area (Å²) in [6.45, 7) is 0.212. The van der Waals surface area contributed by atoms with Crippen LogP contribution in [0, 0.1) is 5.82 Å². The highest BCUT2D eigenvalue weighted by molar-refractivity contribution is 5.76. The molecule has 9 heteroatoms. The van der Waals surface area contributed by atoms with E-state index in [9.17, 15) is 9.18 Å². The molecule has 0 fully saturated rings. The molecular weight excluding hydrogens is 401 g/mol. The van der Waals surface area contributed by atoms with Crippen LogP contribution in [0.15, 0.2) is 71.6 Å². The number of nitrogens with one attached hydrogen (secondary N) is 1. The molecule has 0 aliphatic heterocycles. The van der Waals surface area contributed by atoms with Crippen LogP contribution in [-0.2, 0) is 17.8 Å². The van der Waals surface area contributed by atoms with Crippen molar-refractivity contribution in [2.45, 2.75) is 19.4 Å². The number of carbonyl (C=O) groups excluding carboxylic acids is 1. The van der Waals surface area contributed by atoms with Crippen molar-refractivity contribution in [3.8, 4) is 23.0 Å². The molecule has 8 nitrogen and oxygen atoms in total. The number of nitrogens with zero attached hydrogens (tertiary/aromatic N) is 4. The molecule has 1 aromatic carbocycles. The summed E-state index contributed by atoms with van der Waals surface area (Å²) in [5.41, 5.74) is 1.45. The van der Waals surface area contributed by atoms with Crippen molar-refractivity contribution in [1.82, 2.24) is 25.4 Å². The smallest absolute Gasteiger partial charge is 0.227 e. The third-order valence-corrected chi connectivity index (χ3v) is 4.31. The zero-order chi connectivity index (χ0) is 21.5. The Morgan fingerprint density at radius 1 is 1.10 bits per heavy atom. The second-order valence-electron chi connectivity index (χ2n) is 6.55. The summed E-state index contributed by atoms with van der Waals surface area (Å²) in [6.07, 6.45) is 5.34. The zero-order valence-corrected chi connectivity index (χ0v) is 16.4. The predicted octanol–water partition coefficient (Wildman–Crippen LogP) is 3.71. The standard InChI is InChI=1S/C22H18FN5O3/c23-17-4-1-5-18(13-17)30-22-16(3-2-10-25-22)14-26-19(29)6-7-20-27-21(28-31-20)15-8-11-24-12-9-15/h1-5,8-13H,6-7,14H2,(H,26,29). The Bertz CT molecular complexity index is 1170. The topological polar surface area (TPSA) is 103 Å². The molecule has 0 aliphatic rings. The Morgan fingerprint density at radius 2 is 1.97 bits per heavy atom. The molecule has 0 bridgehead atoms. The average Bonchev–Trinajstić information content (AvgIpc) is 3.27. The van der Waals surface area contributed by atoms with E-state index in [2.05, 4.69) is 25.4 Å². The number of rotatable bonds is 8. The third kappa shape index (κ3) is 5.47. The van der Waals surface area contributed by atoms with Crippen LogP contribution in [0.3, 0.4) is 0 Å². The highest BCUT2D eigenvalue weighted by Crippen LogP contribution is 2.23. The zero-order valence-electron chi connectivity index (χ0n) is 16.4. The first kappa shape index (κ1) is 20.1. The molecular formula is C22H18FN5O3. The lowest BCUT2D eigenvalue weighted by Crippen LogP contribution is -2.23. The summed E-state index contributed by atoms with van der Waals surface area (Å²) in [5, 5.41) is 6.73. The van der Waals surface area contributed by atoms with Gasteiger partial charge < -0.3 is 14.6 Å². The molecule has 156 valence electrons. The van der Waals surface area contributed by atoms with Crippen LogP contribution >= 0.6 is 0 Å². The number of hydrogen-bond donors (Lipinski definition) is 1. The highest BCUT2D eigenvalue weighted by atomic mass is 19.1. The van der Waals surface area contributed by atoms with Gasteiger partial charge in [0.25, 0.3) is 0 Å². The molecule has 1 N–H and O–H groups in total. The van der Waals surface area contributed by atoms with Crippen molar-refractivity contribution in [3.05, 3.63) is 84.4 Å². The molecule has 4 aromatic rings. The summed E-state index contributed by atoms with van der Waals surface area (Å²) < 4.78 is 24.2. The van der Waals surface area contributed by atoms with Gasteiger partial charge in [-0.2, -0.15) is 4.98 Å². The second-order valence-corrected chi connectivity index (χ2v) is 6.55. The summed E-state index contributed by atoms with van der Waals surface area (Å²) >= 11 is 0. The molecule has 4 rings (SSSR count). The lowest BCUT2D eigenvalue weighted by Gasteiger charge is -2.10. The lowest BCUT2D eigenvalue weighted by molar-refractivity contribution is -0.121. The van der Waals surface area contributed by atoms with Gasteiger partial charge in [-0.25, -0.2) is 9.37 Å². The van der Waals surface area contributed by atoms with Crippen LogP contribution in [0.5, 0.6) is 11.6 Å². The number of ether oxygens (including phenoxy) is 1. The van der Waals surface area contributed by atoms with Crippen LogP contribution in [0.1, 0.15) is 17.9 Å². The van der Waals surface area contributed by atoms with Crippen LogP contribution in [-0.4, -0.2) is 26.0 Å². The van der Waals surface area contributed by atoms with Gasteiger partial charge in [0.2, 0.25) is 23.5 Å². The van der Waals surface area contributed by atoms with E-state index in [1.54, 1.807) is 55.0 Å². The maximum atomic E-state index is 13.4. The Hall–Kier alpha value is -4.14. The Kier molecular flexibility index (Phi) is 6.22. The van der Waals surface area contributed by atoms with Gasteiger partial charge >= 0.3 is 0 Å². The van der Waals surface area contributed by atoms with Crippen molar-refractivity contribution in [2.75, 3.05) is 0 Å². The fourth-order valence-electron chi connectivity index (χ4n) is 2.77. The minimum atomic E-state index is -0.406. The van der Waals surface area contributed by atoms with Crippen LogP contribution in [0.25, 0.3) is 11.4 Å². The van der Waals surface area contributed by atoms with E-state index < -0.39 is 5.82 Å². The second kappa shape index (κ2) is 9.57. The van der Waals surface area contributed by atoms with Crippen LogP contribution in [0.4, 0.5) is 4.39 Å². The molecule has 0 aliphatic carbocycles. The monoisotopic (exact) mass is 419 g/mol. The van der Waals surface area contributed by atoms with E-state index in [1.165, 1.54) is 12.1 Å². The SMILES string of the molecule is O=C(CCc1nc(-c2ccncc2)no1)NCc1cccnc1Oc1cccc(F)c1. The first-order chi connectivity index (χ1) is 15.2. The predicted molar refractivity (Wildman–Crippen MR) is 108 cm³/mol. The highest BCUT2D eigenvalue weighted by Gasteiger charge is 2.12. The molecule has 3 heterocycles. The molecule has 0 spiro atoms. The van der Waals surface area contributed by atoms with Gasteiger partial charge in [0.15, 0.2) is 0 Å². The molecule has 0 radical (unpaired) electrons. The van der Waals surface area contributed by atoms with Crippen molar-refractivity contribution < 1.29 is 18.4 Å². The van der Waals surface area contributed by atoms with E-state index in [0.717, 1.165) is 5.56 Å². The van der Waals surface area contributed by atoms with Crippen molar-refractivity contribution in [3.63, 3.8) is 0 Å². The van der Waals surface area contributed by atoms with Crippen LogP contribution in [0.2, 0.25) is 0 Å². The van der Waals surface area contributed by atoms with Gasteiger partial charge in [0, 0.05) is 55.2 Å². The van der Waals surface area contributed by atoms with Gasteiger partial charge in [-0.05, 0) is 30.3 Å². The summed E-state index contributed by atoms with van der Waals surface area (Å²) in [5.74, 6) is 0.853. The largest absolute Gasteiger partial charge is 0.439 e. The number of benzene rings is 1. The summed E-state index contributed by atoms with van der Waals surface area (Å²) in [6, 6.07) is 12.8. The minimum Gasteiger partial charge on any atom is -0.439 e. The van der Waals surface area contributed by atoms with Crippen molar-refractivity contribution in [2.24, 2.45) is 0 Å². The van der Waals surface area contributed by atoms with E-state index in [4.69, 9.17) is 9.26 Å². The van der Waals surface area contributed by atoms with Crippen molar-refractivity contribution in [1.29, 1.82) is 0 Å². The Labute approximate surface area is 177 Å². The number of aromatic nitrogens is 4. The lowest BCUT2D eigenvalue weighted by atomic mass is 10.2. The average molecular weight is 419 g/mol. The molecule has 0 unspecified atom stereocenters. The van der Waals surface area contributed by atoms with Gasteiger partial charge in [-0.1, -0.05) is 17.3 Å². The normalized spacial score (nSPS) is 10.6. The van der Waals surface area contributed by atoms with Crippen LogP contribution < -0.4 is 10.1 Å². The van der Waals surface area contributed by atoms with E-state index in [0.29, 0.717) is 35.3 Å². The summed E-state index contributed by atoms with van der Waals surface area (Å²) in [4.78, 5) is 24.7. The first-order valence-electron chi connectivity index (χ1n) is 9.54. The molecule has 31 heavy (non-hydrogen) atoms. The molecule has 0 saturated carbocycles. The molecule has 3 aromatic heterocycles. The van der Waals surface area contributed by atoms with E-state index >= 15 is 0 Å². The van der Waals surface area contributed by atoms with Gasteiger partial charge in [0.1, 0.15) is 11.6 Å². The fraction of sp³-hybridized carbons (Fsp3) is 0.136. The summed E-state index contributed by atoms with van der Waals surface area (Å²) in [7, 11) is 0. The maximum absolute atomic E-state index is 13.4. The molecule has 0 saturated heterocycles. The first-order valence-corrected chi connectivity index (χ1v) is 9.54. The van der Waals surface area contributed by atoms with Gasteiger partial charge in [-0.3, -0.25) is 9.78 Å². The number of carbonyl (C=O) groups is 1. The molecule has 1 amide bonds. The van der Waals surface area contributed by atoms with E-state index in [-0.39, 0.29) is 18.9 Å². The quantitative estimate of drug-likeness (QED) is 0.464. The van der Waals surface area contributed by atoms with Gasteiger partial charge in [0.05, 0.1) is 0 Å².